The second-order valence-corrected chi connectivity index (χ2v) is 9.47. The Balaban J connectivity index is 1.41. The van der Waals surface area contributed by atoms with Crippen LogP contribution in [-0.2, 0) is 19.6 Å². The molecule has 156 valence electrons. The van der Waals surface area contributed by atoms with Gasteiger partial charge in [0.1, 0.15) is 17.6 Å². The number of carbonyl (C=O) groups excluding carboxylic acids is 1. The van der Waals surface area contributed by atoms with Crippen LogP contribution in [0.2, 0.25) is 5.02 Å². The quantitative estimate of drug-likeness (QED) is 0.661. The smallest absolute Gasteiger partial charge is 0.221 e. The Morgan fingerprint density at radius 1 is 1.36 bits per heavy atom. The maximum Gasteiger partial charge on any atom is 0.221 e. The summed E-state index contributed by atoms with van der Waals surface area (Å²) in [6.45, 7) is 2.81. The van der Waals surface area contributed by atoms with E-state index in [1.165, 1.54) is 10.5 Å². The Morgan fingerprint density at radius 2 is 2.14 bits per heavy atom. The molecule has 8 nitrogen and oxygen atoms in total. The Hall–Kier alpha value is -1.26. The second-order valence-electron chi connectivity index (χ2n) is 7.06. The van der Waals surface area contributed by atoms with Gasteiger partial charge in [-0.2, -0.15) is 0 Å². The number of nitrogens with one attached hydrogen (secondary N) is 1. The van der Waals surface area contributed by atoms with E-state index in [1.807, 2.05) is 0 Å². The van der Waals surface area contributed by atoms with E-state index < -0.39 is 15.8 Å². The van der Waals surface area contributed by atoms with Crippen molar-refractivity contribution in [2.45, 2.75) is 37.9 Å². The van der Waals surface area contributed by atoms with Gasteiger partial charge in [-0.15, -0.1) is 0 Å². The molecule has 0 amide bonds. The highest BCUT2D eigenvalue weighted by molar-refractivity contribution is 7.89. The molecule has 0 aromatic carbocycles. The summed E-state index contributed by atoms with van der Waals surface area (Å²) in [4.78, 5) is 16.2. The molecule has 3 rings (SSSR count). The van der Waals surface area contributed by atoms with Gasteiger partial charge in [-0.25, -0.2) is 17.7 Å². The van der Waals surface area contributed by atoms with Crippen molar-refractivity contribution in [1.29, 1.82) is 0 Å². The minimum absolute atomic E-state index is 0.0187. The highest BCUT2D eigenvalue weighted by Crippen LogP contribution is 2.20. The van der Waals surface area contributed by atoms with Crippen molar-refractivity contribution < 1.29 is 22.7 Å². The number of ether oxygens (including phenoxy) is 2. The number of nitrogens with zero attached hydrogens (tertiary/aromatic N) is 2. The van der Waals surface area contributed by atoms with Crippen molar-refractivity contribution in [2.24, 2.45) is 0 Å². The first-order valence-electron chi connectivity index (χ1n) is 9.52. The molecule has 10 heteroatoms. The zero-order chi connectivity index (χ0) is 20.0. The van der Waals surface area contributed by atoms with Crippen LogP contribution in [0.3, 0.4) is 0 Å². The largest absolute Gasteiger partial charge is 0.474 e. The van der Waals surface area contributed by atoms with Crippen molar-refractivity contribution in [1.82, 2.24) is 14.6 Å². The standard InChI is InChI=1S/C18H26ClN3O5S/c19-14-1-4-18(21-11-14)27-16-5-8-22(9-6-16)28(24,25)13-15(23)2-3-17-12-20-7-10-26-17/h1,4,11,16-17,20H,2-3,5-10,12-13H2. The van der Waals surface area contributed by atoms with Gasteiger partial charge in [-0.05, 0) is 25.3 Å². The number of hydrogen-bond donors (Lipinski definition) is 1. The Morgan fingerprint density at radius 3 is 2.79 bits per heavy atom. The van der Waals surface area contributed by atoms with E-state index in [4.69, 9.17) is 21.1 Å². The molecule has 2 fully saturated rings. The summed E-state index contributed by atoms with van der Waals surface area (Å²) >= 11 is 5.80. The number of aromatic nitrogens is 1. The molecule has 1 atom stereocenters. The van der Waals surface area contributed by atoms with Gasteiger partial charge >= 0.3 is 0 Å². The average molecular weight is 432 g/mol. The lowest BCUT2D eigenvalue weighted by atomic mass is 10.1. The summed E-state index contributed by atoms with van der Waals surface area (Å²) in [5, 5.41) is 3.73. The molecule has 1 unspecified atom stereocenters. The Labute approximate surface area is 170 Å². The number of rotatable bonds is 8. The molecule has 2 aliphatic heterocycles. The molecule has 2 saturated heterocycles. The number of hydrogen-bond acceptors (Lipinski definition) is 7. The molecule has 28 heavy (non-hydrogen) atoms. The van der Waals surface area contributed by atoms with Crippen LogP contribution in [0.1, 0.15) is 25.7 Å². The van der Waals surface area contributed by atoms with Crippen LogP contribution < -0.4 is 10.1 Å². The summed E-state index contributed by atoms with van der Waals surface area (Å²) in [6.07, 6.45) is 3.26. The maximum absolute atomic E-state index is 12.5. The lowest BCUT2D eigenvalue weighted by molar-refractivity contribution is -0.117. The molecule has 0 bridgehead atoms. The first kappa shape index (κ1) is 21.4. The molecule has 2 aliphatic rings. The SMILES string of the molecule is O=C(CCC1CNCCO1)CS(=O)(=O)N1CCC(Oc2ccc(Cl)cn2)CC1. The number of halogens is 1. The summed E-state index contributed by atoms with van der Waals surface area (Å²) in [6, 6.07) is 3.39. The molecular weight excluding hydrogens is 406 g/mol. The van der Waals surface area contributed by atoms with Gasteiger partial charge in [-0.1, -0.05) is 11.6 Å². The van der Waals surface area contributed by atoms with Gasteiger partial charge in [0.25, 0.3) is 0 Å². The number of ketones is 1. The first-order valence-corrected chi connectivity index (χ1v) is 11.5. The van der Waals surface area contributed by atoms with E-state index in [0.717, 1.165) is 6.54 Å². The minimum atomic E-state index is -3.60. The molecule has 1 N–H and O–H groups in total. The lowest BCUT2D eigenvalue weighted by Gasteiger charge is -2.31. The Bertz CT molecular complexity index is 745. The highest BCUT2D eigenvalue weighted by atomic mass is 35.5. The van der Waals surface area contributed by atoms with Crippen LogP contribution in [0, 0.1) is 0 Å². The molecule has 0 aliphatic carbocycles. The molecular formula is C18H26ClN3O5S. The van der Waals surface area contributed by atoms with Crippen molar-refractivity contribution in [2.75, 3.05) is 38.5 Å². The number of piperidine rings is 1. The van der Waals surface area contributed by atoms with Crippen molar-refractivity contribution in [3.63, 3.8) is 0 Å². The van der Waals surface area contributed by atoms with Crippen LogP contribution >= 0.6 is 11.6 Å². The maximum atomic E-state index is 12.5. The first-order chi connectivity index (χ1) is 13.4. The molecule has 0 spiro atoms. The van der Waals surface area contributed by atoms with E-state index >= 15 is 0 Å². The molecule has 1 aromatic rings. The summed E-state index contributed by atoms with van der Waals surface area (Å²) in [5.74, 6) is -0.240. The van der Waals surface area contributed by atoms with E-state index in [-0.39, 0.29) is 24.4 Å². The predicted octanol–water partition coefficient (Wildman–Crippen LogP) is 1.25. The van der Waals surface area contributed by atoms with E-state index in [9.17, 15) is 13.2 Å². The van der Waals surface area contributed by atoms with E-state index in [0.29, 0.717) is 56.4 Å². The minimum Gasteiger partial charge on any atom is -0.474 e. The number of carbonyl (C=O) groups is 1. The monoisotopic (exact) mass is 431 g/mol. The van der Waals surface area contributed by atoms with Gasteiger partial charge in [-0.3, -0.25) is 4.79 Å². The number of Topliss-reactive ketones (excluding diaryl/α,β-unsaturated/α-hetero) is 1. The molecule has 1 aromatic heterocycles. The third kappa shape index (κ3) is 6.38. The molecule has 3 heterocycles. The average Bonchev–Trinajstić information content (AvgIpc) is 2.69. The second kappa shape index (κ2) is 9.98. The normalized spacial score (nSPS) is 22.1. The van der Waals surface area contributed by atoms with E-state index in [1.54, 1.807) is 12.1 Å². The molecule has 0 saturated carbocycles. The van der Waals surface area contributed by atoms with Crippen LogP contribution in [0.15, 0.2) is 18.3 Å². The van der Waals surface area contributed by atoms with Crippen molar-refractivity contribution in [3.8, 4) is 5.88 Å². The fraction of sp³-hybridized carbons (Fsp3) is 0.667. The summed E-state index contributed by atoms with van der Waals surface area (Å²) < 4.78 is 37.8. The topological polar surface area (TPSA) is 97.8 Å². The zero-order valence-corrected chi connectivity index (χ0v) is 17.3. The third-order valence-corrected chi connectivity index (χ3v) is 6.94. The van der Waals surface area contributed by atoms with Crippen molar-refractivity contribution >= 4 is 27.4 Å². The van der Waals surface area contributed by atoms with Crippen LogP contribution in [-0.4, -0.2) is 74.2 Å². The van der Waals surface area contributed by atoms with Gasteiger partial charge < -0.3 is 14.8 Å². The van der Waals surface area contributed by atoms with E-state index in [2.05, 4.69) is 10.3 Å². The summed E-state index contributed by atoms with van der Waals surface area (Å²) in [7, 11) is -3.60. The van der Waals surface area contributed by atoms with Crippen LogP contribution in [0.25, 0.3) is 0 Å². The summed E-state index contributed by atoms with van der Waals surface area (Å²) in [5.41, 5.74) is 0. The van der Waals surface area contributed by atoms with Gasteiger partial charge in [0.15, 0.2) is 0 Å². The van der Waals surface area contributed by atoms with Gasteiger partial charge in [0.2, 0.25) is 15.9 Å². The highest BCUT2D eigenvalue weighted by Gasteiger charge is 2.30. The lowest BCUT2D eigenvalue weighted by Crippen LogP contribution is -2.44. The van der Waals surface area contributed by atoms with Gasteiger partial charge in [0, 0.05) is 44.9 Å². The third-order valence-electron chi connectivity index (χ3n) is 4.87. The fourth-order valence-corrected chi connectivity index (χ4v) is 4.94. The van der Waals surface area contributed by atoms with Gasteiger partial charge in [0.05, 0.1) is 17.7 Å². The Kier molecular flexibility index (Phi) is 7.64. The zero-order valence-electron chi connectivity index (χ0n) is 15.7. The fourth-order valence-electron chi connectivity index (χ4n) is 3.32. The molecule has 0 radical (unpaired) electrons. The van der Waals surface area contributed by atoms with Crippen molar-refractivity contribution in [3.05, 3.63) is 23.4 Å². The number of sulfonamides is 1. The van der Waals surface area contributed by atoms with Crippen LogP contribution in [0.5, 0.6) is 5.88 Å². The van der Waals surface area contributed by atoms with Crippen LogP contribution in [0.4, 0.5) is 0 Å². The predicted molar refractivity (Wildman–Crippen MR) is 105 cm³/mol. The number of morpholine rings is 1. The number of pyridine rings is 1.